The maximum Gasteiger partial charge on any atom is 0.358 e. The molecule has 2 aromatic carbocycles. The van der Waals surface area contributed by atoms with Crippen LogP contribution in [-0.2, 0) is 25.7 Å². The van der Waals surface area contributed by atoms with Crippen molar-refractivity contribution in [2.75, 3.05) is 5.75 Å². The number of nitro groups is 1. The van der Waals surface area contributed by atoms with Gasteiger partial charge in [-0.1, -0.05) is 18.2 Å². The standard InChI is InChI=1S/C22H19N3O8S/c1-13(26)24(33-16-5-3-2-4-6-16)19-20(28)23-18(17(27)12-34-21(19)23)22(29)32-11-14-7-9-15(10-8-14)25(30)31/h2-10,19,21,27H,11-12H2,1H3/t19?,21-/m0/s1. The van der Waals surface area contributed by atoms with Crippen LogP contribution in [0.15, 0.2) is 66.1 Å². The molecule has 0 aliphatic carbocycles. The molecule has 2 atom stereocenters. The summed E-state index contributed by atoms with van der Waals surface area (Å²) < 4.78 is 5.24. The number of aliphatic hydroxyl groups excluding tert-OH is 1. The van der Waals surface area contributed by atoms with Crippen molar-refractivity contribution in [2.24, 2.45) is 0 Å². The zero-order chi connectivity index (χ0) is 24.4. The Morgan fingerprint density at radius 3 is 2.50 bits per heavy atom. The van der Waals surface area contributed by atoms with E-state index in [9.17, 15) is 29.6 Å². The fraction of sp³-hybridized carbons (Fsp3) is 0.227. The van der Waals surface area contributed by atoms with Crippen LogP contribution in [0.2, 0.25) is 0 Å². The molecule has 0 bridgehead atoms. The third-order valence-corrected chi connectivity index (χ3v) is 6.39. The monoisotopic (exact) mass is 485 g/mol. The molecule has 0 spiro atoms. The Kier molecular flexibility index (Phi) is 6.41. The van der Waals surface area contributed by atoms with Crippen molar-refractivity contribution in [3.63, 3.8) is 0 Å². The molecule has 0 radical (unpaired) electrons. The molecule has 0 saturated carbocycles. The topological polar surface area (TPSA) is 140 Å². The normalized spacial score (nSPS) is 19.1. The molecule has 1 N–H and O–H groups in total. The minimum absolute atomic E-state index is 0.0317. The lowest BCUT2D eigenvalue weighted by Crippen LogP contribution is -2.71. The van der Waals surface area contributed by atoms with E-state index in [1.807, 2.05) is 0 Å². The van der Waals surface area contributed by atoms with Gasteiger partial charge in [0.2, 0.25) is 0 Å². The number of non-ortho nitro benzene ring substituents is 1. The number of amides is 2. The predicted octanol–water partition coefficient (Wildman–Crippen LogP) is 2.53. The van der Waals surface area contributed by atoms with Crippen LogP contribution in [-0.4, -0.2) is 54.9 Å². The Balaban J connectivity index is 1.47. The van der Waals surface area contributed by atoms with Gasteiger partial charge < -0.3 is 14.7 Å². The van der Waals surface area contributed by atoms with Crippen LogP contribution in [0.25, 0.3) is 0 Å². The number of para-hydroxylation sites is 1. The average molecular weight is 485 g/mol. The maximum absolute atomic E-state index is 13.0. The fourth-order valence-electron chi connectivity index (χ4n) is 3.50. The van der Waals surface area contributed by atoms with Gasteiger partial charge in [-0.3, -0.25) is 24.6 Å². The first-order valence-electron chi connectivity index (χ1n) is 10.1. The molecule has 12 heteroatoms. The lowest BCUT2D eigenvalue weighted by molar-refractivity contribution is -0.384. The number of thioether (sulfide) groups is 1. The molecular formula is C22H19N3O8S. The number of benzene rings is 2. The van der Waals surface area contributed by atoms with Crippen LogP contribution in [0, 0.1) is 10.1 Å². The molecule has 0 aromatic heterocycles. The van der Waals surface area contributed by atoms with Gasteiger partial charge in [0.15, 0.2) is 17.5 Å². The molecule has 1 fully saturated rings. The summed E-state index contributed by atoms with van der Waals surface area (Å²) in [5.74, 6) is -1.94. The van der Waals surface area contributed by atoms with Crippen LogP contribution in [0.4, 0.5) is 5.69 Å². The van der Waals surface area contributed by atoms with Crippen LogP contribution in [0.5, 0.6) is 5.75 Å². The molecule has 2 aromatic rings. The number of ether oxygens (including phenoxy) is 1. The van der Waals surface area contributed by atoms with E-state index in [0.717, 1.165) is 9.96 Å². The first-order chi connectivity index (χ1) is 16.3. The highest BCUT2D eigenvalue weighted by Gasteiger charge is 2.58. The smallest absolute Gasteiger partial charge is 0.358 e. The van der Waals surface area contributed by atoms with Gasteiger partial charge in [-0.15, -0.1) is 11.8 Å². The van der Waals surface area contributed by atoms with Crippen molar-refractivity contribution in [3.05, 3.63) is 81.7 Å². The summed E-state index contributed by atoms with van der Waals surface area (Å²) in [4.78, 5) is 54.9. The van der Waals surface area contributed by atoms with E-state index < -0.39 is 34.1 Å². The summed E-state index contributed by atoms with van der Waals surface area (Å²) in [5, 5.41) is 21.4. The zero-order valence-electron chi connectivity index (χ0n) is 17.8. The number of β-lactam (4-membered cyclic amide) rings is 1. The number of rotatable bonds is 7. The van der Waals surface area contributed by atoms with E-state index in [1.54, 1.807) is 30.3 Å². The van der Waals surface area contributed by atoms with Gasteiger partial charge in [-0.2, -0.15) is 5.06 Å². The summed E-state index contributed by atoms with van der Waals surface area (Å²) in [6.07, 6.45) is 0. The van der Waals surface area contributed by atoms with Crippen LogP contribution in [0.3, 0.4) is 0 Å². The van der Waals surface area contributed by atoms with Crippen molar-refractivity contribution >= 4 is 35.2 Å². The molecule has 2 heterocycles. The summed E-state index contributed by atoms with van der Waals surface area (Å²) >= 11 is 1.18. The summed E-state index contributed by atoms with van der Waals surface area (Å²) in [5.41, 5.74) is 0.0928. The molecule has 1 saturated heterocycles. The molecule has 1 unspecified atom stereocenters. The van der Waals surface area contributed by atoms with E-state index in [1.165, 1.54) is 43.0 Å². The molecular weight excluding hydrogens is 466 g/mol. The van der Waals surface area contributed by atoms with E-state index in [-0.39, 0.29) is 29.5 Å². The molecule has 176 valence electrons. The SMILES string of the molecule is CC(=O)N(Oc1ccccc1)C1C(=O)N2C(C(=O)OCc3ccc([N+](=O)[O-])cc3)=C(O)CS[C@@H]12. The second-order valence-corrected chi connectivity index (χ2v) is 8.50. The summed E-state index contributed by atoms with van der Waals surface area (Å²) in [6.45, 7) is 1.05. The number of hydrogen-bond donors (Lipinski definition) is 1. The molecule has 34 heavy (non-hydrogen) atoms. The Bertz CT molecular complexity index is 1170. The first kappa shape index (κ1) is 23.1. The highest BCUT2D eigenvalue weighted by Crippen LogP contribution is 2.42. The Morgan fingerprint density at radius 1 is 1.21 bits per heavy atom. The van der Waals surface area contributed by atoms with Gasteiger partial charge >= 0.3 is 5.97 Å². The van der Waals surface area contributed by atoms with Gasteiger partial charge in [0.25, 0.3) is 17.5 Å². The summed E-state index contributed by atoms with van der Waals surface area (Å²) in [6, 6.07) is 12.9. The molecule has 4 rings (SSSR count). The van der Waals surface area contributed by atoms with Gasteiger partial charge in [0, 0.05) is 19.1 Å². The second-order valence-electron chi connectivity index (χ2n) is 7.40. The number of fused-ring (bicyclic) bond motifs is 1. The number of carbonyl (C=O) groups is 3. The van der Waals surface area contributed by atoms with Crippen molar-refractivity contribution in [1.82, 2.24) is 9.96 Å². The first-order valence-corrected chi connectivity index (χ1v) is 11.1. The van der Waals surface area contributed by atoms with E-state index in [0.29, 0.717) is 11.3 Å². The number of hydrogen-bond acceptors (Lipinski definition) is 9. The van der Waals surface area contributed by atoms with Gasteiger partial charge in [-0.05, 0) is 29.8 Å². The lowest BCUT2D eigenvalue weighted by atomic mass is 10.0. The predicted molar refractivity (Wildman–Crippen MR) is 119 cm³/mol. The van der Waals surface area contributed by atoms with Crippen LogP contribution in [0.1, 0.15) is 12.5 Å². The Hall–Kier alpha value is -4.06. The van der Waals surface area contributed by atoms with E-state index in [2.05, 4.69) is 0 Å². The highest BCUT2D eigenvalue weighted by atomic mass is 32.2. The number of nitro benzene ring substituents is 1. The minimum atomic E-state index is -0.992. The Morgan fingerprint density at radius 2 is 1.88 bits per heavy atom. The van der Waals surface area contributed by atoms with Gasteiger partial charge in [0.1, 0.15) is 17.7 Å². The van der Waals surface area contributed by atoms with Gasteiger partial charge in [-0.25, -0.2) is 4.79 Å². The van der Waals surface area contributed by atoms with Crippen LogP contribution >= 0.6 is 11.8 Å². The fourth-order valence-corrected chi connectivity index (χ4v) is 4.73. The minimum Gasteiger partial charge on any atom is -0.509 e. The Labute approximate surface area is 197 Å². The van der Waals surface area contributed by atoms with E-state index >= 15 is 0 Å². The molecule has 2 aliphatic rings. The molecule has 2 aliphatic heterocycles. The largest absolute Gasteiger partial charge is 0.509 e. The average Bonchev–Trinajstić information content (AvgIpc) is 2.83. The third kappa shape index (κ3) is 4.39. The number of hydroxylamine groups is 2. The van der Waals surface area contributed by atoms with Crippen molar-refractivity contribution in [2.45, 2.75) is 24.9 Å². The third-order valence-electron chi connectivity index (χ3n) is 5.14. The number of carbonyl (C=O) groups excluding carboxylic acids is 3. The number of aliphatic hydroxyl groups is 1. The molecule has 2 amide bonds. The van der Waals surface area contributed by atoms with Crippen molar-refractivity contribution < 1.29 is 34.0 Å². The van der Waals surface area contributed by atoms with E-state index in [4.69, 9.17) is 9.57 Å². The summed E-state index contributed by atoms with van der Waals surface area (Å²) in [7, 11) is 0. The lowest BCUT2D eigenvalue weighted by Gasteiger charge is -2.51. The van der Waals surface area contributed by atoms with Crippen LogP contribution < -0.4 is 4.84 Å². The number of nitrogens with zero attached hydrogens (tertiary/aromatic N) is 3. The number of esters is 1. The second kappa shape index (κ2) is 9.43. The highest BCUT2D eigenvalue weighted by molar-refractivity contribution is 8.00. The maximum atomic E-state index is 13.0. The zero-order valence-corrected chi connectivity index (χ0v) is 18.6. The van der Waals surface area contributed by atoms with Crippen molar-refractivity contribution in [1.29, 1.82) is 0 Å². The quantitative estimate of drug-likeness (QED) is 0.271. The molecule has 11 nitrogen and oxygen atoms in total. The van der Waals surface area contributed by atoms with Gasteiger partial charge in [0.05, 0.1) is 10.7 Å². The van der Waals surface area contributed by atoms with Crippen molar-refractivity contribution in [3.8, 4) is 5.75 Å².